The third-order valence-corrected chi connectivity index (χ3v) is 7.27. The van der Waals surface area contributed by atoms with Crippen LogP contribution in [0.4, 0.5) is 0 Å². The van der Waals surface area contributed by atoms with Gasteiger partial charge in [0.05, 0.1) is 21.9 Å². The number of aromatic nitrogens is 4. The van der Waals surface area contributed by atoms with Crippen LogP contribution in [0.15, 0.2) is 30.5 Å². The van der Waals surface area contributed by atoms with Crippen LogP contribution in [0, 0.1) is 26.7 Å². The lowest BCUT2D eigenvalue weighted by Crippen LogP contribution is -2.41. The van der Waals surface area contributed by atoms with Gasteiger partial charge in [-0.25, -0.2) is 9.97 Å². The van der Waals surface area contributed by atoms with Crippen molar-refractivity contribution in [2.45, 2.75) is 65.8 Å². The zero-order valence-corrected chi connectivity index (χ0v) is 20.2. The maximum absolute atomic E-state index is 6.79. The number of pyridine rings is 1. The fourth-order valence-electron chi connectivity index (χ4n) is 5.20. The van der Waals surface area contributed by atoms with Crippen LogP contribution in [-0.2, 0) is 6.42 Å². The standard InChI is InChI=1S/C26H32ClN5/c1-5-11-28-21(19-8-6-9-19)15-23-18(4)30-26-31(23)22-10-7-12-29-25(22)32(26)24-17(3)13-16(2)14-20(24)27/h7,10,12-14,19,21,28H,5-6,8-9,11,15H2,1-4H3. The molecule has 5 rings (SSSR count). The molecule has 3 heterocycles. The maximum Gasteiger partial charge on any atom is 0.221 e. The highest BCUT2D eigenvalue weighted by Gasteiger charge is 2.30. The molecule has 1 N–H and O–H groups in total. The van der Waals surface area contributed by atoms with Crippen LogP contribution in [0.25, 0.3) is 22.6 Å². The second kappa shape index (κ2) is 8.53. The number of hydrogen-bond donors (Lipinski definition) is 1. The molecule has 1 unspecified atom stereocenters. The third kappa shape index (κ3) is 3.52. The van der Waals surface area contributed by atoms with Crippen LogP contribution < -0.4 is 5.32 Å². The Kier molecular flexibility index (Phi) is 5.72. The van der Waals surface area contributed by atoms with E-state index >= 15 is 0 Å². The van der Waals surface area contributed by atoms with Crippen molar-refractivity contribution in [1.29, 1.82) is 0 Å². The van der Waals surface area contributed by atoms with Crippen LogP contribution in [0.3, 0.4) is 0 Å². The first-order valence-corrected chi connectivity index (χ1v) is 12.2. The summed E-state index contributed by atoms with van der Waals surface area (Å²) in [6.45, 7) is 9.61. The predicted molar refractivity (Wildman–Crippen MR) is 132 cm³/mol. The van der Waals surface area contributed by atoms with Crippen molar-refractivity contribution in [3.63, 3.8) is 0 Å². The van der Waals surface area contributed by atoms with Gasteiger partial charge in [-0.05, 0) is 81.8 Å². The van der Waals surface area contributed by atoms with Crippen molar-refractivity contribution >= 4 is 28.5 Å². The van der Waals surface area contributed by atoms with Crippen molar-refractivity contribution in [3.8, 4) is 5.69 Å². The van der Waals surface area contributed by atoms with E-state index < -0.39 is 0 Å². The molecule has 4 aromatic rings. The van der Waals surface area contributed by atoms with E-state index in [9.17, 15) is 0 Å². The molecule has 1 aromatic carbocycles. The molecule has 1 aliphatic rings. The second-order valence-corrected chi connectivity index (χ2v) is 9.74. The lowest BCUT2D eigenvalue weighted by Gasteiger charge is -2.34. The number of halogens is 1. The molecular weight excluding hydrogens is 418 g/mol. The van der Waals surface area contributed by atoms with Crippen LogP contribution in [0.5, 0.6) is 0 Å². The Bertz CT molecular complexity index is 1260. The van der Waals surface area contributed by atoms with E-state index in [0.717, 1.165) is 69.8 Å². The number of fused-ring (bicyclic) bond motifs is 3. The summed E-state index contributed by atoms with van der Waals surface area (Å²) in [5.41, 5.74) is 7.58. The summed E-state index contributed by atoms with van der Waals surface area (Å²) in [6.07, 6.45) is 7.98. The number of rotatable bonds is 7. The first-order chi connectivity index (χ1) is 15.5. The van der Waals surface area contributed by atoms with Gasteiger partial charge in [-0.1, -0.05) is 31.0 Å². The number of nitrogens with one attached hydrogen (secondary N) is 1. The first-order valence-electron chi connectivity index (χ1n) is 11.8. The van der Waals surface area contributed by atoms with Crippen molar-refractivity contribution in [2.75, 3.05) is 6.54 Å². The topological polar surface area (TPSA) is 47.2 Å². The minimum Gasteiger partial charge on any atom is -0.313 e. The van der Waals surface area contributed by atoms with Crippen molar-refractivity contribution in [1.82, 2.24) is 24.3 Å². The fraction of sp³-hybridized carbons (Fsp3) is 0.462. The van der Waals surface area contributed by atoms with E-state index in [2.05, 4.69) is 54.1 Å². The van der Waals surface area contributed by atoms with Crippen LogP contribution in [-0.4, -0.2) is 31.5 Å². The SMILES string of the molecule is CCCNC(Cc1c(C)nc2n(-c3c(C)cc(C)cc3Cl)c3ncccc3n12)C1CCC1. The van der Waals surface area contributed by atoms with Crippen molar-refractivity contribution < 1.29 is 0 Å². The summed E-state index contributed by atoms with van der Waals surface area (Å²) in [4.78, 5) is 9.83. The molecule has 1 saturated carbocycles. The molecule has 0 amide bonds. The van der Waals surface area contributed by atoms with Crippen molar-refractivity contribution in [3.05, 3.63) is 58.0 Å². The van der Waals surface area contributed by atoms with Gasteiger partial charge in [0.15, 0.2) is 5.65 Å². The summed E-state index contributed by atoms with van der Waals surface area (Å²) in [5, 5.41) is 4.56. The van der Waals surface area contributed by atoms with E-state index in [1.807, 2.05) is 18.3 Å². The molecule has 168 valence electrons. The van der Waals surface area contributed by atoms with E-state index in [1.54, 1.807) is 0 Å². The predicted octanol–water partition coefficient (Wildman–Crippen LogP) is 5.96. The Morgan fingerprint density at radius 2 is 2.03 bits per heavy atom. The lowest BCUT2D eigenvalue weighted by molar-refractivity contribution is 0.226. The van der Waals surface area contributed by atoms with Gasteiger partial charge in [0.2, 0.25) is 5.78 Å². The van der Waals surface area contributed by atoms with Crippen LogP contribution in [0.1, 0.15) is 55.1 Å². The van der Waals surface area contributed by atoms with Gasteiger partial charge < -0.3 is 5.32 Å². The Morgan fingerprint density at radius 1 is 1.22 bits per heavy atom. The van der Waals surface area contributed by atoms with Gasteiger partial charge in [-0.3, -0.25) is 8.97 Å². The monoisotopic (exact) mass is 449 g/mol. The Labute approximate surface area is 194 Å². The first kappa shape index (κ1) is 21.5. The van der Waals surface area contributed by atoms with Gasteiger partial charge in [0.1, 0.15) is 0 Å². The molecule has 1 fully saturated rings. The highest BCUT2D eigenvalue weighted by atomic mass is 35.5. The third-order valence-electron chi connectivity index (χ3n) is 6.98. The largest absolute Gasteiger partial charge is 0.313 e. The smallest absolute Gasteiger partial charge is 0.221 e. The van der Waals surface area contributed by atoms with E-state index in [-0.39, 0.29) is 0 Å². The molecule has 0 spiro atoms. The van der Waals surface area contributed by atoms with Crippen LogP contribution >= 0.6 is 11.6 Å². The van der Waals surface area contributed by atoms with E-state index in [1.165, 1.54) is 25.0 Å². The Hall–Kier alpha value is -2.37. The number of benzene rings is 1. The molecular formula is C26H32ClN5. The summed E-state index contributed by atoms with van der Waals surface area (Å²) >= 11 is 6.79. The number of aryl methyl sites for hydroxylation is 3. The number of nitrogens with zero attached hydrogens (tertiary/aromatic N) is 4. The number of hydrogen-bond acceptors (Lipinski definition) is 3. The molecule has 32 heavy (non-hydrogen) atoms. The fourth-order valence-corrected chi connectivity index (χ4v) is 5.61. The highest BCUT2D eigenvalue weighted by Crippen LogP contribution is 2.35. The molecule has 1 atom stereocenters. The van der Waals surface area contributed by atoms with Gasteiger partial charge >= 0.3 is 0 Å². The molecule has 6 heteroatoms. The van der Waals surface area contributed by atoms with Gasteiger partial charge in [0.25, 0.3) is 0 Å². The summed E-state index contributed by atoms with van der Waals surface area (Å²) in [7, 11) is 0. The van der Waals surface area contributed by atoms with E-state index in [4.69, 9.17) is 21.6 Å². The average Bonchev–Trinajstić information content (AvgIpc) is 3.18. The molecule has 0 bridgehead atoms. The zero-order chi connectivity index (χ0) is 22.4. The zero-order valence-electron chi connectivity index (χ0n) is 19.5. The van der Waals surface area contributed by atoms with Gasteiger partial charge in [-0.15, -0.1) is 0 Å². The summed E-state index contributed by atoms with van der Waals surface area (Å²) in [6, 6.07) is 8.83. The molecule has 3 aromatic heterocycles. The van der Waals surface area contributed by atoms with Crippen molar-refractivity contribution in [2.24, 2.45) is 5.92 Å². The molecule has 5 nitrogen and oxygen atoms in total. The van der Waals surface area contributed by atoms with Crippen LogP contribution in [0.2, 0.25) is 5.02 Å². The summed E-state index contributed by atoms with van der Waals surface area (Å²) in [5.74, 6) is 1.65. The maximum atomic E-state index is 6.79. The quantitative estimate of drug-likeness (QED) is 0.378. The molecule has 0 radical (unpaired) electrons. The minimum atomic E-state index is 0.488. The van der Waals surface area contributed by atoms with Gasteiger partial charge in [-0.2, -0.15) is 0 Å². The van der Waals surface area contributed by atoms with E-state index in [0.29, 0.717) is 6.04 Å². The molecule has 0 aliphatic heterocycles. The lowest BCUT2D eigenvalue weighted by atomic mass is 9.78. The van der Waals surface area contributed by atoms with Gasteiger partial charge in [0, 0.05) is 24.4 Å². The average molecular weight is 450 g/mol. The second-order valence-electron chi connectivity index (χ2n) is 9.33. The summed E-state index contributed by atoms with van der Waals surface area (Å²) < 4.78 is 4.45. The minimum absolute atomic E-state index is 0.488. The Morgan fingerprint density at radius 3 is 2.72 bits per heavy atom. The molecule has 0 saturated heterocycles. The molecule has 1 aliphatic carbocycles. The normalized spacial score (nSPS) is 15.5. The Balaban J connectivity index is 1.71. The highest BCUT2D eigenvalue weighted by molar-refractivity contribution is 6.32. The number of imidazole rings is 2.